The number of nitriles is 1. The zero-order chi connectivity index (χ0) is 24.6. The number of nitrogens with one attached hydrogen (secondary N) is 2. The van der Waals surface area contributed by atoms with Crippen LogP contribution in [0.4, 0.5) is 4.79 Å². The van der Waals surface area contributed by atoms with Crippen molar-refractivity contribution in [1.29, 1.82) is 5.26 Å². The van der Waals surface area contributed by atoms with E-state index in [4.69, 9.17) is 0 Å². The number of rotatable bonds is 6. The molecule has 10 nitrogen and oxygen atoms in total. The molecule has 3 aromatic heterocycles. The number of H-pyrrole nitrogens is 1. The van der Waals surface area contributed by atoms with E-state index in [1.165, 1.54) is 0 Å². The van der Waals surface area contributed by atoms with Crippen molar-refractivity contribution < 1.29 is 4.79 Å². The van der Waals surface area contributed by atoms with Gasteiger partial charge in [0.2, 0.25) is 0 Å². The predicted molar refractivity (Wildman–Crippen MR) is 132 cm³/mol. The predicted octanol–water partition coefficient (Wildman–Crippen LogP) is 2.96. The third kappa shape index (κ3) is 4.36. The second kappa shape index (κ2) is 9.30. The molecular formula is C25H33N9O. The molecule has 1 saturated carbocycles. The highest BCUT2D eigenvalue weighted by molar-refractivity contribution is 5.90. The van der Waals surface area contributed by atoms with Crippen LogP contribution in [0.2, 0.25) is 0 Å². The second-order valence-corrected chi connectivity index (χ2v) is 10.3. The Morgan fingerprint density at radius 2 is 2.03 bits per heavy atom. The van der Waals surface area contributed by atoms with Gasteiger partial charge in [-0.25, -0.2) is 14.8 Å². The second-order valence-electron chi connectivity index (χ2n) is 10.3. The minimum absolute atomic E-state index is 0.0311. The molecule has 1 saturated heterocycles. The van der Waals surface area contributed by atoms with Gasteiger partial charge in [0.15, 0.2) is 0 Å². The summed E-state index contributed by atoms with van der Waals surface area (Å²) >= 11 is 0. The number of aromatic nitrogens is 5. The highest BCUT2D eigenvalue weighted by Crippen LogP contribution is 2.45. The molecule has 184 valence electrons. The molecular weight excluding hydrogens is 442 g/mol. The number of amides is 2. The number of urea groups is 1. The molecule has 5 rings (SSSR count). The van der Waals surface area contributed by atoms with Gasteiger partial charge >= 0.3 is 6.03 Å². The number of aromatic amines is 1. The van der Waals surface area contributed by atoms with Gasteiger partial charge in [-0.2, -0.15) is 10.4 Å². The first-order valence-corrected chi connectivity index (χ1v) is 12.4. The minimum Gasteiger partial charge on any atom is -0.346 e. The van der Waals surface area contributed by atoms with E-state index in [0.29, 0.717) is 18.4 Å². The molecule has 0 spiro atoms. The van der Waals surface area contributed by atoms with Crippen LogP contribution in [0, 0.1) is 17.2 Å². The number of fused-ring (bicyclic) bond motifs is 1. The van der Waals surface area contributed by atoms with Crippen LogP contribution in [0.5, 0.6) is 0 Å². The van der Waals surface area contributed by atoms with Gasteiger partial charge in [0.05, 0.1) is 29.9 Å². The van der Waals surface area contributed by atoms with E-state index >= 15 is 0 Å². The molecule has 2 N–H and O–H groups in total. The van der Waals surface area contributed by atoms with Gasteiger partial charge in [0, 0.05) is 61.6 Å². The maximum absolute atomic E-state index is 12.6. The summed E-state index contributed by atoms with van der Waals surface area (Å²) < 4.78 is 1.97. The first kappa shape index (κ1) is 23.3. The molecule has 4 heterocycles. The molecule has 3 aromatic rings. The quantitative estimate of drug-likeness (QED) is 0.566. The SMILES string of the molecule is CC(C)C(C)NC(=O)N1CCN(C2CC(CC#N)(n3cc(-c4ncnc5[nH]ccc45)cn3)C2)CC1. The molecule has 2 aliphatic rings. The fraction of sp³-hybridized carbons (Fsp3) is 0.560. The first-order valence-electron chi connectivity index (χ1n) is 12.4. The lowest BCUT2D eigenvalue weighted by atomic mass is 9.70. The Morgan fingerprint density at radius 1 is 1.26 bits per heavy atom. The summed E-state index contributed by atoms with van der Waals surface area (Å²) in [5.74, 6) is 0.412. The normalized spacial score (nSPS) is 23.7. The number of hydrogen-bond donors (Lipinski definition) is 2. The molecule has 1 unspecified atom stereocenters. The Kier molecular flexibility index (Phi) is 6.19. The minimum atomic E-state index is -0.302. The number of carbonyl (C=O) groups is 1. The summed E-state index contributed by atoms with van der Waals surface area (Å²) in [5, 5.41) is 18.3. The van der Waals surface area contributed by atoms with Crippen LogP contribution in [-0.2, 0) is 5.54 Å². The maximum Gasteiger partial charge on any atom is 0.317 e. The van der Waals surface area contributed by atoms with Gasteiger partial charge in [-0.15, -0.1) is 0 Å². The Hall–Kier alpha value is -3.45. The van der Waals surface area contributed by atoms with Gasteiger partial charge in [0.25, 0.3) is 0 Å². The molecule has 1 aliphatic carbocycles. The zero-order valence-electron chi connectivity index (χ0n) is 20.6. The van der Waals surface area contributed by atoms with Crippen molar-refractivity contribution in [2.75, 3.05) is 26.2 Å². The van der Waals surface area contributed by atoms with Gasteiger partial charge in [-0.3, -0.25) is 9.58 Å². The van der Waals surface area contributed by atoms with Crippen LogP contribution in [0.3, 0.4) is 0 Å². The summed E-state index contributed by atoms with van der Waals surface area (Å²) in [6, 6.07) is 4.94. The lowest BCUT2D eigenvalue weighted by Crippen LogP contribution is -2.61. The van der Waals surface area contributed by atoms with Gasteiger partial charge in [0.1, 0.15) is 12.0 Å². The van der Waals surface area contributed by atoms with E-state index in [-0.39, 0.29) is 17.6 Å². The summed E-state index contributed by atoms with van der Waals surface area (Å²) in [6.45, 7) is 9.44. The maximum atomic E-state index is 12.6. The Morgan fingerprint density at radius 3 is 2.74 bits per heavy atom. The van der Waals surface area contributed by atoms with E-state index in [1.807, 2.05) is 41.2 Å². The molecule has 1 atom stereocenters. The van der Waals surface area contributed by atoms with Crippen molar-refractivity contribution in [3.63, 3.8) is 0 Å². The number of piperazine rings is 1. The van der Waals surface area contributed by atoms with E-state index < -0.39 is 0 Å². The van der Waals surface area contributed by atoms with Gasteiger partial charge in [-0.05, 0) is 31.7 Å². The summed E-state index contributed by atoms with van der Waals surface area (Å²) in [6.07, 6.45) is 9.43. The van der Waals surface area contributed by atoms with Crippen LogP contribution >= 0.6 is 0 Å². The fourth-order valence-corrected chi connectivity index (χ4v) is 5.18. The lowest BCUT2D eigenvalue weighted by Gasteiger charge is -2.52. The molecule has 2 fully saturated rings. The topological polar surface area (TPSA) is 119 Å². The Balaban J connectivity index is 1.23. The fourth-order valence-electron chi connectivity index (χ4n) is 5.18. The van der Waals surface area contributed by atoms with Crippen molar-refractivity contribution in [1.82, 2.24) is 39.8 Å². The lowest BCUT2D eigenvalue weighted by molar-refractivity contribution is -0.0131. The van der Waals surface area contributed by atoms with Crippen molar-refractivity contribution >= 4 is 17.1 Å². The van der Waals surface area contributed by atoms with E-state index in [1.54, 1.807) is 6.33 Å². The van der Waals surface area contributed by atoms with Crippen molar-refractivity contribution in [3.8, 4) is 17.3 Å². The standard InChI is InChI=1S/C25H33N9O/c1-17(2)18(3)31-24(35)33-10-8-32(9-11-33)20-12-25(13-20,5-6-26)34-15-19(14-30-34)22-21-4-7-27-23(21)29-16-28-22/h4,7,14-18,20H,5,8-13H2,1-3H3,(H,31,35)(H,27,28,29). The third-order valence-corrected chi connectivity index (χ3v) is 7.80. The van der Waals surface area contributed by atoms with Crippen LogP contribution < -0.4 is 5.32 Å². The van der Waals surface area contributed by atoms with Gasteiger partial charge < -0.3 is 15.2 Å². The molecule has 0 bridgehead atoms. The van der Waals surface area contributed by atoms with E-state index in [9.17, 15) is 10.1 Å². The summed E-state index contributed by atoms with van der Waals surface area (Å²) in [4.78, 5) is 28.8. The molecule has 0 radical (unpaired) electrons. The monoisotopic (exact) mass is 475 g/mol. The van der Waals surface area contributed by atoms with E-state index in [0.717, 1.165) is 61.3 Å². The Bertz CT molecular complexity index is 1230. The summed E-state index contributed by atoms with van der Waals surface area (Å²) in [7, 11) is 0. The van der Waals surface area contributed by atoms with Crippen LogP contribution in [0.15, 0.2) is 31.0 Å². The molecule has 35 heavy (non-hydrogen) atoms. The average Bonchev–Trinajstić information content (AvgIpc) is 3.51. The smallest absolute Gasteiger partial charge is 0.317 e. The van der Waals surface area contributed by atoms with Crippen LogP contribution in [0.25, 0.3) is 22.3 Å². The van der Waals surface area contributed by atoms with Gasteiger partial charge in [-0.1, -0.05) is 13.8 Å². The highest BCUT2D eigenvalue weighted by Gasteiger charge is 2.49. The van der Waals surface area contributed by atoms with Crippen LogP contribution in [0.1, 0.15) is 40.0 Å². The highest BCUT2D eigenvalue weighted by atomic mass is 16.2. The molecule has 1 aliphatic heterocycles. The summed E-state index contributed by atoms with van der Waals surface area (Å²) in [5.41, 5.74) is 2.26. The molecule has 10 heteroatoms. The van der Waals surface area contributed by atoms with E-state index in [2.05, 4.69) is 50.2 Å². The van der Waals surface area contributed by atoms with Crippen molar-refractivity contribution in [2.24, 2.45) is 5.92 Å². The third-order valence-electron chi connectivity index (χ3n) is 7.80. The first-order chi connectivity index (χ1) is 16.9. The zero-order valence-corrected chi connectivity index (χ0v) is 20.6. The molecule has 2 amide bonds. The Labute approximate surface area is 205 Å². The van der Waals surface area contributed by atoms with Crippen molar-refractivity contribution in [2.45, 2.75) is 57.7 Å². The van der Waals surface area contributed by atoms with Crippen molar-refractivity contribution in [3.05, 3.63) is 31.0 Å². The largest absolute Gasteiger partial charge is 0.346 e. The number of nitrogens with zero attached hydrogens (tertiary/aromatic N) is 7. The average molecular weight is 476 g/mol. The number of carbonyl (C=O) groups excluding carboxylic acids is 1. The molecule has 0 aromatic carbocycles. The number of hydrogen-bond acceptors (Lipinski definition) is 6. The van der Waals surface area contributed by atoms with Crippen LogP contribution in [-0.4, -0.2) is 78.8 Å².